The van der Waals surface area contributed by atoms with Crippen LogP contribution in [0, 0.1) is 17.7 Å². The Hall–Kier alpha value is -2.21. The van der Waals surface area contributed by atoms with Crippen LogP contribution < -0.4 is 5.32 Å². The summed E-state index contributed by atoms with van der Waals surface area (Å²) in [5.74, 6) is 1.21. The van der Waals surface area contributed by atoms with Crippen LogP contribution in [-0.2, 0) is 12.8 Å². The number of nitrogens with zero attached hydrogens (tertiary/aromatic N) is 3. The molecular weight excluding hydrogens is 343 g/mol. The summed E-state index contributed by atoms with van der Waals surface area (Å²) in [5, 5.41) is 8.18. The van der Waals surface area contributed by atoms with Crippen LogP contribution in [0.1, 0.15) is 41.0 Å². The molecule has 0 radical (unpaired) electrons. The van der Waals surface area contributed by atoms with Crippen LogP contribution in [0.5, 0.6) is 0 Å². The minimum atomic E-state index is -0.261. The summed E-state index contributed by atoms with van der Waals surface area (Å²) in [4.78, 5) is 15.3. The number of fused-ring (bicyclic) bond motifs is 2. The van der Waals surface area contributed by atoms with Crippen molar-refractivity contribution in [2.75, 3.05) is 26.2 Å². The van der Waals surface area contributed by atoms with Crippen molar-refractivity contribution < 1.29 is 9.18 Å². The highest BCUT2D eigenvalue weighted by Gasteiger charge is 2.34. The zero-order valence-electron chi connectivity index (χ0n) is 15.5. The first-order valence-electron chi connectivity index (χ1n) is 10.1. The molecule has 0 unspecified atom stereocenters. The second-order valence-electron chi connectivity index (χ2n) is 8.06. The Bertz CT molecular complexity index is 846. The lowest BCUT2D eigenvalue weighted by atomic mass is 9.92. The van der Waals surface area contributed by atoms with Crippen LogP contribution in [0.2, 0.25) is 0 Å². The topological polar surface area (TPSA) is 50.2 Å². The molecular formula is C21H25FN4O. The van der Waals surface area contributed by atoms with Gasteiger partial charge in [0.05, 0.1) is 5.69 Å². The minimum Gasteiger partial charge on any atom is -0.337 e. The Morgan fingerprint density at radius 1 is 1.07 bits per heavy atom. The van der Waals surface area contributed by atoms with Gasteiger partial charge in [-0.05, 0) is 81.3 Å². The van der Waals surface area contributed by atoms with Gasteiger partial charge in [-0.3, -0.25) is 4.79 Å². The first kappa shape index (κ1) is 16.9. The van der Waals surface area contributed by atoms with Crippen LogP contribution in [-0.4, -0.2) is 46.8 Å². The van der Waals surface area contributed by atoms with Gasteiger partial charge in [0, 0.05) is 24.3 Å². The van der Waals surface area contributed by atoms with Crippen LogP contribution in [0.15, 0.2) is 24.3 Å². The largest absolute Gasteiger partial charge is 0.337 e. The normalized spacial score (nSPS) is 24.6. The number of carbonyl (C=O) groups is 1. The number of hydrogen-bond donors (Lipinski definition) is 1. The Balaban J connectivity index is 1.44. The van der Waals surface area contributed by atoms with Gasteiger partial charge in [-0.15, -0.1) is 0 Å². The molecule has 0 bridgehead atoms. The molecule has 1 N–H and O–H groups in total. The Morgan fingerprint density at radius 3 is 2.48 bits per heavy atom. The number of nitrogens with one attached hydrogen (secondary N) is 1. The fraction of sp³-hybridized carbons (Fsp3) is 0.524. The van der Waals surface area contributed by atoms with Crippen LogP contribution in [0.4, 0.5) is 4.39 Å². The predicted molar refractivity (Wildman–Crippen MR) is 101 cm³/mol. The third-order valence-electron chi connectivity index (χ3n) is 6.51. The lowest BCUT2D eigenvalue weighted by Crippen LogP contribution is -2.33. The van der Waals surface area contributed by atoms with E-state index in [0.29, 0.717) is 17.5 Å². The van der Waals surface area contributed by atoms with Crippen molar-refractivity contribution in [1.29, 1.82) is 0 Å². The smallest absolute Gasteiger partial charge is 0.274 e. The van der Waals surface area contributed by atoms with Crippen LogP contribution >= 0.6 is 0 Å². The molecule has 2 saturated heterocycles. The van der Waals surface area contributed by atoms with Crippen LogP contribution in [0.3, 0.4) is 0 Å². The Morgan fingerprint density at radius 2 is 1.78 bits per heavy atom. The fourth-order valence-electron chi connectivity index (χ4n) is 4.98. The Labute approximate surface area is 158 Å². The average Bonchev–Trinajstić information content (AvgIpc) is 3.37. The number of hydrogen-bond acceptors (Lipinski definition) is 3. The van der Waals surface area contributed by atoms with Gasteiger partial charge in [0.25, 0.3) is 5.91 Å². The number of halogens is 1. The standard InChI is InChI=1S/C21H25FN4O/c22-16-4-6-17(7-5-16)26-19-3-1-2-18(19)20(24-26)21(27)25-10-8-14-12-23-13-15(14)9-11-25/h4-7,14-15,23H,1-3,8-13H2/t14-,15+. The van der Waals surface area contributed by atoms with E-state index in [4.69, 9.17) is 5.10 Å². The maximum atomic E-state index is 13.3. The summed E-state index contributed by atoms with van der Waals surface area (Å²) in [6, 6.07) is 6.35. The van der Waals surface area contributed by atoms with E-state index in [1.54, 1.807) is 12.1 Å². The van der Waals surface area contributed by atoms with Crippen molar-refractivity contribution in [2.24, 2.45) is 11.8 Å². The monoisotopic (exact) mass is 368 g/mol. The van der Waals surface area contributed by atoms with Gasteiger partial charge in [0.1, 0.15) is 5.82 Å². The molecule has 3 heterocycles. The summed E-state index contributed by atoms with van der Waals surface area (Å²) >= 11 is 0. The molecule has 2 aromatic rings. The lowest BCUT2D eigenvalue weighted by Gasteiger charge is -2.20. The van der Waals surface area contributed by atoms with Crippen molar-refractivity contribution >= 4 is 5.91 Å². The lowest BCUT2D eigenvalue weighted by molar-refractivity contribution is 0.0751. The summed E-state index contributed by atoms with van der Waals surface area (Å²) in [6.45, 7) is 3.81. The van der Waals surface area contributed by atoms with Crippen LogP contribution in [0.25, 0.3) is 5.69 Å². The highest BCUT2D eigenvalue weighted by molar-refractivity contribution is 5.94. The molecule has 2 aliphatic heterocycles. The first-order chi connectivity index (χ1) is 13.2. The van der Waals surface area contributed by atoms with Crippen molar-refractivity contribution in [3.05, 3.63) is 47.0 Å². The van der Waals surface area contributed by atoms with Gasteiger partial charge >= 0.3 is 0 Å². The highest BCUT2D eigenvalue weighted by atomic mass is 19.1. The minimum absolute atomic E-state index is 0.0712. The summed E-state index contributed by atoms with van der Waals surface area (Å²) in [5.41, 5.74) is 3.64. The maximum Gasteiger partial charge on any atom is 0.274 e. The zero-order valence-corrected chi connectivity index (χ0v) is 15.5. The number of benzene rings is 1. The number of carbonyl (C=O) groups excluding carboxylic acids is 1. The quantitative estimate of drug-likeness (QED) is 0.886. The summed E-state index contributed by atoms with van der Waals surface area (Å²) in [7, 11) is 0. The van der Waals surface area contributed by atoms with Gasteiger partial charge < -0.3 is 10.2 Å². The first-order valence-corrected chi connectivity index (χ1v) is 10.1. The third kappa shape index (κ3) is 2.96. The highest BCUT2D eigenvalue weighted by Crippen LogP contribution is 2.31. The number of rotatable bonds is 2. The molecule has 2 atom stereocenters. The second kappa shape index (κ2) is 6.75. The molecule has 142 valence electrons. The van der Waals surface area contributed by atoms with Gasteiger partial charge in [0.2, 0.25) is 0 Å². The zero-order chi connectivity index (χ0) is 18.4. The molecule has 6 heteroatoms. The summed E-state index contributed by atoms with van der Waals surface area (Å²) in [6.07, 6.45) is 5.02. The van der Waals surface area contributed by atoms with Crippen molar-refractivity contribution in [2.45, 2.75) is 32.1 Å². The van der Waals surface area contributed by atoms with E-state index in [9.17, 15) is 9.18 Å². The van der Waals surface area contributed by atoms with E-state index in [1.807, 2.05) is 9.58 Å². The average molecular weight is 368 g/mol. The van der Waals surface area contributed by atoms with Gasteiger partial charge in [-0.1, -0.05) is 0 Å². The van der Waals surface area contributed by atoms with E-state index in [2.05, 4.69) is 5.32 Å². The summed E-state index contributed by atoms with van der Waals surface area (Å²) < 4.78 is 15.1. The number of aromatic nitrogens is 2. The predicted octanol–water partition coefficient (Wildman–Crippen LogP) is 2.57. The molecule has 1 aromatic heterocycles. The molecule has 5 nitrogen and oxygen atoms in total. The number of likely N-dealkylation sites (tertiary alicyclic amines) is 1. The molecule has 27 heavy (non-hydrogen) atoms. The fourth-order valence-corrected chi connectivity index (χ4v) is 4.98. The van der Waals surface area contributed by atoms with Gasteiger partial charge in [0.15, 0.2) is 5.69 Å². The van der Waals surface area contributed by atoms with E-state index < -0.39 is 0 Å². The van der Waals surface area contributed by atoms with E-state index in [0.717, 1.165) is 75.2 Å². The van der Waals surface area contributed by atoms with Crippen molar-refractivity contribution in [1.82, 2.24) is 20.0 Å². The molecule has 1 aliphatic carbocycles. The SMILES string of the molecule is O=C(c1nn(-c2ccc(F)cc2)c2c1CCC2)N1CC[C@@H]2CNC[C@@H]2CC1. The molecule has 3 aliphatic rings. The molecule has 0 saturated carbocycles. The molecule has 5 rings (SSSR count). The van der Waals surface area contributed by atoms with E-state index in [1.165, 1.54) is 12.1 Å². The van der Waals surface area contributed by atoms with Gasteiger partial charge in [-0.25, -0.2) is 9.07 Å². The molecule has 0 spiro atoms. The van der Waals surface area contributed by atoms with E-state index >= 15 is 0 Å². The molecule has 1 amide bonds. The second-order valence-corrected chi connectivity index (χ2v) is 8.06. The van der Waals surface area contributed by atoms with Gasteiger partial charge in [-0.2, -0.15) is 5.10 Å². The Kier molecular flexibility index (Phi) is 4.23. The van der Waals surface area contributed by atoms with E-state index in [-0.39, 0.29) is 11.7 Å². The third-order valence-corrected chi connectivity index (χ3v) is 6.51. The van der Waals surface area contributed by atoms with Crippen molar-refractivity contribution in [3.8, 4) is 5.69 Å². The van der Waals surface area contributed by atoms with Crippen molar-refractivity contribution in [3.63, 3.8) is 0 Å². The molecule has 2 fully saturated rings. The maximum absolute atomic E-state index is 13.3. The number of amides is 1. The molecule has 1 aromatic carbocycles.